The van der Waals surface area contributed by atoms with Crippen LogP contribution in [0.3, 0.4) is 0 Å². The van der Waals surface area contributed by atoms with E-state index in [1.165, 1.54) is 0 Å². The zero-order chi connectivity index (χ0) is 14.0. The van der Waals surface area contributed by atoms with E-state index in [0.717, 1.165) is 0 Å². The fourth-order valence-corrected chi connectivity index (χ4v) is 1.66. The molecule has 0 saturated carbocycles. The maximum Gasteiger partial charge on any atom is 0.224 e. The molecule has 19 heavy (non-hydrogen) atoms. The van der Waals surface area contributed by atoms with Crippen LogP contribution in [0.25, 0.3) is 0 Å². The van der Waals surface area contributed by atoms with Crippen LogP contribution in [-0.4, -0.2) is 25.7 Å². The number of primary amides is 1. The third kappa shape index (κ3) is 2.83. The van der Waals surface area contributed by atoms with Gasteiger partial charge in [-0.1, -0.05) is 0 Å². The van der Waals surface area contributed by atoms with Crippen molar-refractivity contribution in [2.75, 3.05) is 30.8 Å². The summed E-state index contributed by atoms with van der Waals surface area (Å²) in [5.74, 6) is 0.930. The Hall–Kier alpha value is -2.11. The fourth-order valence-electron chi connectivity index (χ4n) is 1.66. The van der Waals surface area contributed by atoms with Crippen molar-refractivity contribution in [3.63, 3.8) is 0 Å². The number of nitrogens with two attached hydrogens (primary N) is 2. The number of amides is 1. The molecule has 0 atom stereocenters. The minimum Gasteiger partial charge on any atom is -0.486 e. The maximum absolute atomic E-state index is 11.3. The summed E-state index contributed by atoms with van der Waals surface area (Å²) in [7, 11) is 0. The van der Waals surface area contributed by atoms with Crippen molar-refractivity contribution >= 4 is 17.3 Å². The smallest absolute Gasteiger partial charge is 0.224 e. The van der Waals surface area contributed by atoms with Gasteiger partial charge in [-0.15, -0.1) is 0 Å². The molecule has 1 heterocycles. The van der Waals surface area contributed by atoms with Crippen LogP contribution < -0.4 is 26.3 Å². The third-order valence-corrected chi connectivity index (χ3v) is 3.10. The molecule has 1 aliphatic heterocycles. The Labute approximate surface area is 112 Å². The molecule has 0 aromatic heterocycles. The number of ether oxygens (including phenoxy) is 2. The van der Waals surface area contributed by atoms with Crippen molar-refractivity contribution in [1.82, 2.24) is 0 Å². The number of carbonyl (C=O) groups is 1. The molecular weight excluding hydrogens is 246 g/mol. The lowest BCUT2D eigenvalue weighted by atomic mass is 9.92. The van der Waals surface area contributed by atoms with Gasteiger partial charge in [0.25, 0.3) is 0 Å². The van der Waals surface area contributed by atoms with Gasteiger partial charge in [-0.2, -0.15) is 0 Å². The summed E-state index contributed by atoms with van der Waals surface area (Å²) in [5, 5.41) is 3.12. The fraction of sp³-hybridized carbons (Fsp3) is 0.462. The van der Waals surface area contributed by atoms with Crippen molar-refractivity contribution in [1.29, 1.82) is 0 Å². The summed E-state index contributed by atoms with van der Waals surface area (Å²) in [5.41, 5.74) is 11.9. The first-order valence-corrected chi connectivity index (χ1v) is 6.13. The number of hydrogen-bond acceptors (Lipinski definition) is 5. The standard InChI is InChI=1S/C13H19N3O3/c1-13(2,12(15)17)7-16-9-6-11-10(5-8(9)14)18-3-4-19-11/h5-6,16H,3-4,7,14H2,1-2H3,(H2,15,17). The van der Waals surface area contributed by atoms with Gasteiger partial charge < -0.3 is 26.3 Å². The van der Waals surface area contributed by atoms with Crippen LogP contribution in [0.15, 0.2) is 12.1 Å². The van der Waals surface area contributed by atoms with Crippen molar-refractivity contribution in [3.05, 3.63) is 12.1 Å². The van der Waals surface area contributed by atoms with Crippen LogP contribution in [0, 0.1) is 5.41 Å². The monoisotopic (exact) mass is 265 g/mol. The Kier molecular flexibility index (Phi) is 3.42. The predicted octanol–water partition coefficient (Wildman–Crippen LogP) is 0.963. The van der Waals surface area contributed by atoms with Crippen LogP contribution in [0.5, 0.6) is 11.5 Å². The van der Waals surface area contributed by atoms with Crippen molar-refractivity contribution in [2.45, 2.75) is 13.8 Å². The lowest BCUT2D eigenvalue weighted by Crippen LogP contribution is -2.37. The Balaban J connectivity index is 2.15. The number of fused-ring (bicyclic) bond motifs is 1. The zero-order valence-electron chi connectivity index (χ0n) is 11.2. The molecule has 0 radical (unpaired) electrons. The molecule has 6 nitrogen and oxygen atoms in total. The first-order chi connectivity index (χ1) is 8.90. The summed E-state index contributed by atoms with van der Waals surface area (Å²) in [4.78, 5) is 11.3. The van der Waals surface area contributed by atoms with Crippen LogP contribution in [-0.2, 0) is 4.79 Å². The molecule has 1 aliphatic rings. The molecule has 6 heteroatoms. The van der Waals surface area contributed by atoms with Crippen LogP contribution >= 0.6 is 0 Å². The van der Waals surface area contributed by atoms with Gasteiger partial charge >= 0.3 is 0 Å². The second kappa shape index (κ2) is 4.87. The van der Waals surface area contributed by atoms with E-state index in [0.29, 0.717) is 42.6 Å². The van der Waals surface area contributed by atoms with E-state index in [1.54, 1.807) is 26.0 Å². The summed E-state index contributed by atoms with van der Waals surface area (Å²) >= 11 is 0. The molecule has 0 spiro atoms. The van der Waals surface area contributed by atoms with Crippen LogP contribution in [0.2, 0.25) is 0 Å². The first-order valence-electron chi connectivity index (χ1n) is 6.13. The molecule has 0 bridgehead atoms. The molecule has 2 rings (SSSR count). The molecule has 0 unspecified atom stereocenters. The maximum atomic E-state index is 11.3. The molecule has 1 aromatic carbocycles. The highest BCUT2D eigenvalue weighted by atomic mass is 16.6. The van der Waals surface area contributed by atoms with E-state index in [9.17, 15) is 4.79 Å². The third-order valence-electron chi connectivity index (χ3n) is 3.10. The number of hydrogen-bond donors (Lipinski definition) is 3. The van der Waals surface area contributed by atoms with Gasteiger partial charge in [0.15, 0.2) is 11.5 Å². The van der Waals surface area contributed by atoms with E-state index < -0.39 is 5.41 Å². The van der Waals surface area contributed by atoms with E-state index >= 15 is 0 Å². The van der Waals surface area contributed by atoms with E-state index in [1.807, 2.05) is 0 Å². The second-order valence-electron chi connectivity index (χ2n) is 5.18. The summed E-state index contributed by atoms with van der Waals surface area (Å²) < 4.78 is 10.9. The van der Waals surface area contributed by atoms with Crippen molar-refractivity contribution in [2.24, 2.45) is 11.1 Å². The Morgan fingerprint density at radius 1 is 1.32 bits per heavy atom. The number of anilines is 2. The molecule has 1 aromatic rings. The summed E-state index contributed by atoms with van der Waals surface area (Å²) in [6.07, 6.45) is 0. The van der Waals surface area contributed by atoms with Gasteiger partial charge in [-0.25, -0.2) is 0 Å². The average molecular weight is 265 g/mol. The van der Waals surface area contributed by atoms with Gasteiger partial charge in [0.2, 0.25) is 5.91 Å². The highest BCUT2D eigenvalue weighted by Crippen LogP contribution is 2.37. The number of rotatable bonds is 4. The zero-order valence-corrected chi connectivity index (χ0v) is 11.2. The Morgan fingerprint density at radius 2 is 1.89 bits per heavy atom. The minimum absolute atomic E-state index is 0.365. The molecule has 5 N–H and O–H groups in total. The predicted molar refractivity (Wildman–Crippen MR) is 73.3 cm³/mol. The number of nitrogen functional groups attached to an aromatic ring is 1. The Bertz CT molecular complexity index is 500. The molecular formula is C13H19N3O3. The molecule has 0 aliphatic carbocycles. The molecule has 104 valence electrons. The number of nitrogens with one attached hydrogen (secondary N) is 1. The van der Waals surface area contributed by atoms with Crippen molar-refractivity contribution in [3.8, 4) is 11.5 Å². The number of benzene rings is 1. The van der Waals surface area contributed by atoms with Gasteiger partial charge in [-0.3, -0.25) is 4.79 Å². The van der Waals surface area contributed by atoms with Gasteiger partial charge in [0.05, 0.1) is 16.8 Å². The van der Waals surface area contributed by atoms with Gasteiger partial charge in [-0.05, 0) is 13.8 Å². The molecule has 1 amide bonds. The largest absolute Gasteiger partial charge is 0.486 e. The minimum atomic E-state index is -0.653. The van der Waals surface area contributed by atoms with Gasteiger partial charge in [0, 0.05) is 18.7 Å². The van der Waals surface area contributed by atoms with E-state index in [-0.39, 0.29) is 5.91 Å². The topological polar surface area (TPSA) is 99.6 Å². The van der Waals surface area contributed by atoms with Gasteiger partial charge in [0.1, 0.15) is 13.2 Å². The van der Waals surface area contributed by atoms with E-state index in [2.05, 4.69) is 5.32 Å². The van der Waals surface area contributed by atoms with Crippen LogP contribution in [0.1, 0.15) is 13.8 Å². The molecule has 0 fully saturated rings. The summed E-state index contributed by atoms with van der Waals surface area (Å²) in [6.45, 7) is 4.98. The SMILES string of the molecule is CC(C)(CNc1cc2c(cc1N)OCCO2)C(N)=O. The highest BCUT2D eigenvalue weighted by molar-refractivity contribution is 5.81. The lowest BCUT2D eigenvalue weighted by Gasteiger charge is -2.24. The summed E-state index contributed by atoms with van der Waals surface area (Å²) in [6, 6.07) is 3.50. The van der Waals surface area contributed by atoms with Crippen molar-refractivity contribution < 1.29 is 14.3 Å². The quantitative estimate of drug-likeness (QED) is 0.704. The first kappa shape index (κ1) is 13.3. The van der Waals surface area contributed by atoms with E-state index in [4.69, 9.17) is 20.9 Å². The van der Waals surface area contributed by atoms with Crippen LogP contribution in [0.4, 0.5) is 11.4 Å². The second-order valence-corrected chi connectivity index (χ2v) is 5.18. The lowest BCUT2D eigenvalue weighted by molar-refractivity contribution is -0.125. The highest BCUT2D eigenvalue weighted by Gasteiger charge is 2.25. The normalized spacial score (nSPS) is 14.0. The Morgan fingerprint density at radius 3 is 2.47 bits per heavy atom. The average Bonchev–Trinajstić information content (AvgIpc) is 2.36. The molecule has 0 saturated heterocycles. The number of carbonyl (C=O) groups excluding carboxylic acids is 1.